The van der Waals surface area contributed by atoms with Crippen molar-refractivity contribution in [2.45, 2.75) is 0 Å². The van der Waals surface area contributed by atoms with Gasteiger partial charge in [0.05, 0.1) is 0 Å². The van der Waals surface area contributed by atoms with Crippen LogP contribution in [0.5, 0.6) is 0 Å². The van der Waals surface area contributed by atoms with E-state index < -0.39 is 4.01 Å². The van der Waals surface area contributed by atoms with Gasteiger partial charge in [-0.25, -0.2) is 0 Å². The van der Waals surface area contributed by atoms with E-state index in [-0.39, 0.29) is 0 Å². The zero-order valence-electron chi connectivity index (χ0n) is 1.67. The molecule has 0 aromatic rings. The van der Waals surface area contributed by atoms with Gasteiger partial charge in [-0.05, 0) is 0 Å². The van der Waals surface area contributed by atoms with Crippen molar-refractivity contribution in [2.75, 3.05) is 0 Å². The summed E-state index contributed by atoms with van der Waals surface area (Å²) in [6.45, 7) is 0. The summed E-state index contributed by atoms with van der Waals surface area (Å²) in [5.74, 6) is 0. The van der Waals surface area contributed by atoms with Crippen molar-refractivity contribution in [1.29, 1.82) is 0 Å². The van der Waals surface area contributed by atoms with Gasteiger partial charge in [-0.3, -0.25) is 0 Å². The second-order valence-electron chi connectivity index (χ2n) is 0.228. The van der Waals surface area contributed by atoms with E-state index >= 15 is 0 Å². The molecule has 0 rings (SSSR count). The van der Waals surface area contributed by atoms with Crippen LogP contribution in [-0.2, 0) is 28.6 Å². The van der Waals surface area contributed by atoms with Crippen LogP contribution in [0.25, 0.3) is 0 Å². The van der Waals surface area contributed by atoms with Gasteiger partial charge in [0.15, 0.2) is 0 Å². The normalized spacial score (nSPS) is 6.25. The zero-order chi connectivity index (χ0) is 3.58. The van der Waals surface area contributed by atoms with E-state index in [2.05, 4.69) is 28.6 Å². The van der Waals surface area contributed by atoms with E-state index in [4.69, 9.17) is 4.79 Å². The number of carbonyl (C=O) groups is 1. The maximum atomic E-state index is 9.15. The minimum absolute atomic E-state index is 0.500. The molecule has 0 bridgehead atoms. The first-order valence-electron chi connectivity index (χ1n) is 0.585. The third-order valence-electron chi connectivity index (χ3n) is 0. The Labute approximate surface area is 38.0 Å². The number of hydrogen-bond donors (Lipinski definition) is 0. The van der Waals surface area contributed by atoms with Gasteiger partial charge in [-0.15, -0.1) is 0 Å². The standard InChI is InChI=1S/COS.Fe/c2-1-3;/q-1;+1. The summed E-state index contributed by atoms with van der Waals surface area (Å²) in [5.41, 5.74) is 0. The summed E-state index contributed by atoms with van der Waals surface area (Å²) in [6.07, 6.45) is 0. The van der Waals surface area contributed by atoms with E-state index in [9.17, 15) is 0 Å². The van der Waals surface area contributed by atoms with Crippen LogP contribution in [0.15, 0.2) is 0 Å². The van der Waals surface area contributed by atoms with E-state index in [0.29, 0.717) is 0 Å². The number of hydrogen-bond acceptors (Lipinski definition) is 2. The summed E-state index contributed by atoms with van der Waals surface area (Å²) in [4.78, 5) is 9.15. The molecule has 0 amide bonds. The molecule has 0 atom stereocenters. The van der Waals surface area contributed by atoms with Crippen LogP contribution < -0.4 is 0 Å². The molecule has 0 N–H and O–H groups in total. The molecule has 0 aliphatic carbocycles. The Morgan fingerprint density at radius 1 is 2.00 bits per heavy atom. The van der Waals surface area contributed by atoms with Crippen molar-refractivity contribution in [2.24, 2.45) is 0 Å². The fourth-order valence-corrected chi connectivity index (χ4v) is 0. The van der Waals surface area contributed by atoms with Crippen molar-refractivity contribution in [3.05, 3.63) is 0 Å². The van der Waals surface area contributed by atoms with E-state index in [1.54, 1.807) is 0 Å². The van der Waals surface area contributed by atoms with Crippen LogP contribution in [0.3, 0.4) is 0 Å². The molecule has 1 nitrogen and oxygen atoms in total. The summed E-state index contributed by atoms with van der Waals surface area (Å²) in [6, 6.07) is 0. The molecule has 0 spiro atoms. The Hall–Kier alpha value is 0.409. The zero-order valence-corrected chi connectivity index (χ0v) is 3.59. The monoisotopic (exact) mass is 116 g/mol. The van der Waals surface area contributed by atoms with Gasteiger partial charge in [0.1, 0.15) is 0 Å². The van der Waals surface area contributed by atoms with Crippen LogP contribution in [0.2, 0.25) is 0 Å². The van der Waals surface area contributed by atoms with Gasteiger partial charge in [0.25, 0.3) is 0 Å². The van der Waals surface area contributed by atoms with Crippen molar-refractivity contribution >= 4 is 16.6 Å². The summed E-state index contributed by atoms with van der Waals surface area (Å²) in [5, 5.41) is 0. The molecule has 0 saturated heterocycles. The second kappa shape index (κ2) is 1.70. The molecule has 0 radical (unpaired) electrons. The van der Waals surface area contributed by atoms with Gasteiger partial charge in [0, 0.05) is 0 Å². The molecule has 0 fully saturated rings. The molecule has 0 aliphatic heterocycles. The van der Waals surface area contributed by atoms with Gasteiger partial charge in [-0.1, -0.05) is 0 Å². The molecule has 3 heteroatoms. The third-order valence-corrected chi connectivity index (χ3v) is 0. The first kappa shape index (κ1) is 4.41. The van der Waals surface area contributed by atoms with Crippen LogP contribution in [0.1, 0.15) is 0 Å². The Morgan fingerprint density at radius 3 is 2.00 bits per heavy atom. The van der Waals surface area contributed by atoms with E-state index in [0.717, 1.165) is 0 Å². The quantitative estimate of drug-likeness (QED) is 0.332. The molecule has 0 aromatic heterocycles. The van der Waals surface area contributed by atoms with Crippen molar-refractivity contribution < 1.29 is 20.8 Å². The van der Waals surface area contributed by atoms with Crippen LogP contribution in [-0.4, -0.2) is 4.01 Å². The topological polar surface area (TPSA) is 17.1 Å². The average molecular weight is 116 g/mol. The van der Waals surface area contributed by atoms with E-state index in [1.807, 2.05) is 0 Å². The molecular formula is CFeOS. The van der Waals surface area contributed by atoms with Crippen LogP contribution in [0.4, 0.5) is 4.79 Å². The minimum atomic E-state index is -0.500. The molecule has 0 unspecified atom stereocenters. The Morgan fingerprint density at radius 2 is 2.00 bits per heavy atom. The molecule has 0 saturated carbocycles. The van der Waals surface area contributed by atoms with Crippen LogP contribution >= 0.6 is 0 Å². The van der Waals surface area contributed by atoms with Crippen molar-refractivity contribution in [1.82, 2.24) is 0 Å². The predicted molar refractivity (Wildman–Crippen MR) is 12.8 cm³/mol. The van der Waals surface area contributed by atoms with Crippen LogP contribution in [0, 0.1) is 0 Å². The fourth-order valence-electron chi connectivity index (χ4n) is 0. The summed E-state index contributed by atoms with van der Waals surface area (Å²) >= 11 is 6.69. The Balaban J connectivity index is 2.80. The summed E-state index contributed by atoms with van der Waals surface area (Å²) in [7, 11) is 0. The Bertz CT molecular complexity index is 31.0. The van der Waals surface area contributed by atoms with Gasteiger partial charge in [-0.2, -0.15) is 0 Å². The average Bonchev–Trinajstić information content (AvgIpc) is 0.811. The van der Waals surface area contributed by atoms with Crippen molar-refractivity contribution in [3.8, 4) is 0 Å². The van der Waals surface area contributed by atoms with Gasteiger partial charge < -0.3 is 0 Å². The first-order valence-corrected chi connectivity index (χ1v) is 1.55. The Kier molecular flexibility index (Phi) is 1.88. The second-order valence-corrected chi connectivity index (χ2v) is 1.44. The predicted octanol–water partition coefficient (Wildman–Crippen LogP) is 0.200. The maximum absolute atomic E-state index is 9.15. The van der Waals surface area contributed by atoms with Gasteiger partial charge in [0.2, 0.25) is 0 Å². The molecule has 0 aromatic carbocycles. The first-order chi connectivity index (χ1) is 1.73. The fraction of sp³-hybridized carbons (Fsp3) is 0. The van der Waals surface area contributed by atoms with E-state index in [1.165, 1.54) is 0 Å². The SMILES string of the molecule is O=[C]([S-])[Fe+]. The molecule has 0 heterocycles. The molecule has 0 aliphatic rings. The van der Waals surface area contributed by atoms with Crippen molar-refractivity contribution in [3.63, 3.8) is 0 Å². The van der Waals surface area contributed by atoms with Gasteiger partial charge >= 0.3 is 37.4 Å². The summed E-state index contributed by atoms with van der Waals surface area (Å²) < 4.78 is -0.500. The number of rotatable bonds is 0. The molecule has 24 valence electrons. The number of carbonyl (C=O) groups excluding carboxylic acids is 1. The third kappa shape index (κ3) is 28.5. The molecular weight excluding hydrogens is 116 g/mol. The molecule has 4 heavy (non-hydrogen) atoms.